The average molecular weight is 334 g/mol. The SMILES string of the molecule is CN(C)c1ccc(/C(=C/c2ccc(Cl)cc2)c2ccccc2)cc1. The van der Waals surface area contributed by atoms with E-state index in [1.165, 1.54) is 22.4 Å². The van der Waals surface area contributed by atoms with Gasteiger partial charge in [0.15, 0.2) is 0 Å². The Morgan fingerprint density at radius 3 is 1.92 bits per heavy atom. The third kappa shape index (κ3) is 3.87. The maximum atomic E-state index is 6.00. The molecular weight excluding hydrogens is 314 g/mol. The lowest BCUT2D eigenvalue weighted by molar-refractivity contribution is 1.13. The van der Waals surface area contributed by atoms with Gasteiger partial charge in [-0.1, -0.05) is 66.2 Å². The number of benzene rings is 3. The molecule has 0 aromatic heterocycles. The topological polar surface area (TPSA) is 3.24 Å². The first kappa shape index (κ1) is 16.4. The predicted octanol–water partition coefficient (Wildman–Crippen LogP) is 5.99. The van der Waals surface area contributed by atoms with Gasteiger partial charge in [-0.2, -0.15) is 0 Å². The Labute approximate surface area is 148 Å². The molecule has 2 heteroatoms. The first-order chi connectivity index (χ1) is 11.6. The largest absolute Gasteiger partial charge is 0.378 e. The monoisotopic (exact) mass is 333 g/mol. The molecule has 0 aliphatic heterocycles. The first-order valence-electron chi connectivity index (χ1n) is 7.94. The van der Waals surface area contributed by atoms with Crippen molar-refractivity contribution in [3.8, 4) is 0 Å². The molecule has 0 atom stereocenters. The molecule has 0 aliphatic carbocycles. The molecule has 0 radical (unpaired) electrons. The highest BCUT2D eigenvalue weighted by atomic mass is 35.5. The molecule has 0 aliphatic rings. The standard InChI is InChI=1S/C22H20ClN/c1-24(2)21-14-10-19(11-15-21)22(18-6-4-3-5-7-18)16-17-8-12-20(23)13-9-17/h3-16H,1-2H3/b22-16+. The molecule has 0 fully saturated rings. The van der Waals surface area contributed by atoms with Crippen LogP contribution in [0, 0.1) is 0 Å². The normalized spacial score (nSPS) is 11.4. The van der Waals surface area contributed by atoms with Gasteiger partial charge in [-0.25, -0.2) is 0 Å². The Balaban J connectivity index is 2.07. The molecule has 0 saturated heterocycles. The van der Waals surface area contributed by atoms with Crippen molar-refractivity contribution in [1.29, 1.82) is 0 Å². The first-order valence-corrected chi connectivity index (χ1v) is 8.32. The molecule has 0 N–H and O–H groups in total. The summed E-state index contributed by atoms with van der Waals surface area (Å²) in [6.07, 6.45) is 2.20. The van der Waals surface area contributed by atoms with Gasteiger partial charge in [0.05, 0.1) is 0 Å². The van der Waals surface area contributed by atoms with Crippen molar-refractivity contribution in [2.24, 2.45) is 0 Å². The van der Waals surface area contributed by atoms with Crippen molar-refractivity contribution < 1.29 is 0 Å². The lowest BCUT2D eigenvalue weighted by Crippen LogP contribution is -2.08. The molecule has 0 bridgehead atoms. The van der Waals surface area contributed by atoms with Crippen molar-refractivity contribution >= 4 is 28.9 Å². The highest BCUT2D eigenvalue weighted by Gasteiger charge is 2.06. The number of hydrogen-bond donors (Lipinski definition) is 0. The summed E-state index contributed by atoms with van der Waals surface area (Å²) in [5, 5.41) is 0.753. The maximum absolute atomic E-state index is 6.00. The van der Waals surface area contributed by atoms with Crippen LogP contribution in [0.25, 0.3) is 11.6 Å². The van der Waals surface area contributed by atoms with Crippen LogP contribution in [-0.2, 0) is 0 Å². The summed E-state index contributed by atoms with van der Waals surface area (Å²) < 4.78 is 0. The van der Waals surface area contributed by atoms with Crippen LogP contribution in [0.5, 0.6) is 0 Å². The molecule has 0 saturated carbocycles. The van der Waals surface area contributed by atoms with E-state index in [1.54, 1.807) is 0 Å². The summed E-state index contributed by atoms with van der Waals surface area (Å²) in [5.41, 5.74) is 5.92. The van der Waals surface area contributed by atoms with Gasteiger partial charge in [0.2, 0.25) is 0 Å². The fraction of sp³-hybridized carbons (Fsp3) is 0.0909. The van der Waals surface area contributed by atoms with E-state index in [4.69, 9.17) is 11.6 Å². The lowest BCUT2D eigenvalue weighted by atomic mass is 9.95. The third-order valence-corrected chi connectivity index (χ3v) is 4.21. The maximum Gasteiger partial charge on any atom is 0.0406 e. The van der Waals surface area contributed by atoms with Crippen LogP contribution in [0.2, 0.25) is 5.02 Å². The van der Waals surface area contributed by atoms with Crippen molar-refractivity contribution in [1.82, 2.24) is 0 Å². The van der Waals surface area contributed by atoms with Gasteiger partial charge in [0.25, 0.3) is 0 Å². The van der Waals surface area contributed by atoms with Crippen LogP contribution in [0.15, 0.2) is 78.9 Å². The summed E-state index contributed by atoms with van der Waals surface area (Å²) in [5.74, 6) is 0. The molecule has 3 aromatic carbocycles. The van der Waals surface area contributed by atoms with Crippen LogP contribution in [-0.4, -0.2) is 14.1 Å². The Morgan fingerprint density at radius 2 is 1.33 bits per heavy atom. The van der Waals surface area contributed by atoms with Gasteiger partial charge in [0, 0.05) is 24.8 Å². The van der Waals surface area contributed by atoms with Crippen molar-refractivity contribution in [2.45, 2.75) is 0 Å². The Hall–Kier alpha value is -2.51. The third-order valence-electron chi connectivity index (χ3n) is 3.96. The van der Waals surface area contributed by atoms with Gasteiger partial charge in [0.1, 0.15) is 0 Å². The van der Waals surface area contributed by atoms with E-state index in [-0.39, 0.29) is 0 Å². The van der Waals surface area contributed by atoms with Crippen LogP contribution in [0.1, 0.15) is 16.7 Å². The summed E-state index contributed by atoms with van der Waals surface area (Å²) in [4.78, 5) is 2.11. The van der Waals surface area contributed by atoms with Crippen LogP contribution < -0.4 is 4.90 Å². The fourth-order valence-electron chi connectivity index (χ4n) is 2.62. The Kier molecular flexibility index (Phi) is 5.02. The second kappa shape index (κ2) is 7.37. The summed E-state index contributed by atoms with van der Waals surface area (Å²) in [6, 6.07) is 27.0. The second-order valence-electron chi connectivity index (χ2n) is 5.92. The zero-order valence-corrected chi connectivity index (χ0v) is 14.7. The van der Waals surface area contributed by atoms with E-state index in [2.05, 4.69) is 73.6 Å². The smallest absolute Gasteiger partial charge is 0.0406 e. The van der Waals surface area contributed by atoms with Gasteiger partial charge in [-0.3, -0.25) is 0 Å². The highest BCUT2D eigenvalue weighted by molar-refractivity contribution is 6.30. The van der Waals surface area contributed by atoms with Gasteiger partial charge < -0.3 is 4.90 Å². The zero-order valence-electron chi connectivity index (χ0n) is 13.9. The molecule has 3 rings (SSSR count). The molecule has 0 heterocycles. The molecule has 0 amide bonds. The molecular formula is C22H20ClN. The minimum Gasteiger partial charge on any atom is -0.378 e. The summed E-state index contributed by atoms with van der Waals surface area (Å²) in [6.45, 7) is 0. The number of anilines is 1. The number of rotatable bonds is 4. The van der Waals surface area contributed by atoms with E-state index in [0.29, 0.717) is 0 Å². The van der Waals surface area contributed by atoms with Crippen LogP contribution in [0.3, 0.4) is 0 Å². The highest BCUT2D eigenvalue weighted by Crippen LogP contribution is 2.28. The molecule has 120 valence electrons. The number of nitrogens with zero attached hydrogens (tertiary/aromatic N) is 1. The summed E-state index contributed by atoms with van der Waals surface area (Å²) in [7, 11) is 4.10. The van der Waals surface area contributed by atoms with Crippen LogP contribution >= 0.6 is 11.6 Å². The molecule has 0 spiro atoms. The van der Waals surface area contributed by atoms with Crippen LogP contribution in [0.4, 0.5) is 5.69 Å². The Bertz CT molecular complexity index is 816. The second-order valence-corrected chi connectivity index (χ2v) is 6.35. The average Bonchev–Trinajstić information content (AvgIpc) is 2.62. The number of halogens is 1. The lowest BCUT2D eigenvalue weighted by Gasteiger charge is -2.14. The van der Waals surface area contributed by atoms with Crippen molar-refractivity contribution in [3.63, 3.8) is 0 Å². The molecule has 3 aromatic rings. The van der Waals surface area contributed by atoms with Gasteiger partial charge in [-0.15, -0.1) is 0 Å². The van der Waals surface area contributed by atoms with E-state index in [0.717, 1.165) is 10.6 Å². The molecule has 1 nitrogen and oxygen atoms in total. The Morgan fingerprint density at radius 1 is 0.750 bits per heavy atom. The summed E-state index contributed by atoms with van der Waals surface area (Å²) >= 11 is 6.00. The van der Waals surface area contributed by atoms with Gasteiger partial charge in [-0.05, 0) is 52.6 Å². The molecule has 0 unspecified atom stereocenters. The quantitative estimate of drug-likeness (QED) is 0.530. The minimum atomic E-state index is 0.753. The van der Waals surface area contributed by atoms with E-state index < -0.39 is 0 Å². The van der Waals surface area contributed by atoms with E-state index >= 15 is 0 Å². The predicted molar refractivity (Wildman–Crippen MR) is 106 cm³/mol. The van der Waals surface area contributed by atoms with E-state index in [9.17, 15) is 0 Å². The minimum absolute atomic E-state index is 0.753. The fourth-order valence-corrected chi connectivity index (χ4v) is 2.74. The van der Waals surface area contributed by atoms with E-state index in [1.807, 2.05) is 30.3 Å². The van der Waals surface area contributed by atoms with Crippen molar-refractivity contribution in [2.75, 3.05) is 19.0 Å². The van der Waals surface area contributed by atoms with Gasteiger partial charge >= 0.3 is 0 Å². The zero-order chi connectivity index (χ0) is 16.9. The van der Waals surface area contributed by atoms with Crippen molar-refractivity contribution in [3.05, 3.63) is 101 Å². The number of hydrogen-bond acceptors (Lipinski definition) is 1. The molecule has 24 heavy (non-hydrogen) atoms.